The van der Waals surface area contributed by atoms with Crippen LogP contribution < -0.4 is 20.1 Å². The Morgan fingerprint density at radius 1 is 1.38 bits per heavy atom. The highest BCUT2D eigenvalue weighted by Crippen LogP contribution is 2.34. The van der Waals surface area contributed by atoms with E-state index in [-0.39, 0.29) is 12.8 Å². The van der Waals surface area contributed by atoms with Crippen molar-refractivity contribution < 1.29 is 19.0 Å². The van der Waals surface area contributed by atoms with Crippen molar-refractivity contribution in [3.8, 4) is 11.5 Å². The fourth-order valence-electron chi connectivity index (χ4n) is 1.82. The summed E-state index contributed by atoms with van der Waals surface area (Å²) in [5.74, 6) is 1.24. The second kappa shape index (κ2) is 7.68. The maximum atomic E-state index is 11.2. The molecule has 0 aliphatic carbocycles. The predicted octanol–water partition coefficient (Wildman–Crippen LogP) is 2.04. The third-order valence-corrected chi connectivity index (χ3v) is 3.03. The number of benzene rings is 1. The number of ether oxygens (including phenoxy) is 3. The molecule has 0 saturated carbocycles. The predicted molar refractivity (Wildman–Crippen MR) is 82.7 cm³/mol. The summed E-state index contributed by atoms with van der Waals surface area (Å²) in [5, 5.41) is 6.59. The van der Waals surface area contributed by atoms with E-state index in [0.29, 0.717) is 36.9 Å². The first-order chi connectivity index (χ1) is 10.2. The monoisotopic (exact) mass is 310 g/mol. The lowest BCUT2D eigenvalue weighted by Crippen LogP contribution is -2.29. The van der Waals surface area contributed by atoms with Crippen molar-refractivity contribution in [2.75, 3.05) is 25.3 Å². The Labute approximate surface area is 128 Å². The van der Waals surface area contributed by atoms with E-state index in [0.717, 1.165) is 11.4 Å². The van der Waals surface area contributed by atoms with Gasteiger partial charge in [-0.25, -0.2) is 0 Å². The first kappa shape index (κ1) is 15.4. The summed E-state index contributed by atoms with van der Waals surface area (Å²) in [5.41, 5.74) is 0.821. The van der Waals surface area contributed by atoms with Crippen LogP contribution in [0.1, 0.15) is 19.8 Å². The molecule has 2 N–H and O–H groups in total. The molecule has 114 valence electrons. The Bertz CT molecular complexity index is 522. The van der Waals surface area contributed by atoms with Crippen molar-refractivity contribution in [2.45, 2.75) is 19.8 Å². The molecule has 0 radical (unpaired) electrons. The number of nitrogens with one attached hydrogen (secondary N) is 2. The van der Waals surface area contributed by atoms with Gasteiger partial charge in [-0.2, -0.15) is 0 Å². The van der Waals surface area contributed by atoms with E-state index in [9.17, 15) is 4.79 Å². The van der Waals surface area contributed by atoms with Crippen molar-refractivity contribution in [1.82, 2.24) is 5.32 Å². The third kappa shape index (κ3) is 4.78. The van der Waals surface area contributed by atoms with Gasteiger partial charge in [-0.05, 0) is 37.7 Å². The van der Waals surface area contributed by atoms with Crippen molar-refractivity contribution in [2.24, 2.45) is 0 Å². The van der Waals surface area contributed by atoms with E-state index < -0.39 is 0 Å². The van der Waals surface area contributed by atoms with Gasteiger partial charge >= 0.3 is 5.97 Å². The zero-order valence-electron chi connectivity index (χ0n) is 11.8. The lowest BCUT2D eigenvalue weighted by Gasteiger charge is -2.10. The first-order valence-corrected chi connectivity index (χ1v) is 7.20. The van der Waals surface area contributed by atoms with Crippen LogP contribution in [0, 0.1) is 0 Å². The van der Waals surface area contributed by atoms with Crippen LogP contribution in [0.2, 0.25) is 0 Å². The van der Waals surface area contributed by atoms with Crippen molar-refractivity contribution >= 4 is 29.0 Å². The Kier molecular flexibility index (Phi) is 5.62. The molecule has 1 aliphatic heterocycles. The highest BCUT2D eigenvalue weighted by Gasteiger charge is 2.13. The van der Waals surface area contributed by atoms with Crippen LogP contribution in [-0.2, 0) is 9.53 Å². The molecule has 0 atom stereocenters. The lowest BCUT2D eigenvalue weighted by atomic mass is 10.3. The van der Waals surface area contributed by atoms with Crippen LogP contribution in [0.3, 0.4) is 0 Å². The molecule has 0 amide bonds. The molecular formula is C14H18N2O4S. The molecule has 0 spiro atoms. The van der Waals surface area contributed by atoms with E-state index in [1.165, 1.54) is 0 Å². The first-order valence-electron chi connectivity index (χ1n) is 6.79. The summed E-state index contributed by atoms with van der Waals surface area (Å²) in [6.45, 7) is 3.06. The molecule has 7 heteroatoms. The summed E-state index contributed by atoms with van der Waals surface area (Å²) in [6.07, 6.45) is 1.05. The highest BCUT2D eigenvalue weighted by molar-refractivity contribution is 7.80. The zero-order valence-corrected chi connectivity index (χ0v) is 12.6. The quantitative estimate of drug-likeness (QED) is 0.473. The number of carbonyl (C=O) groups is 1. The van der Waals surface area contributed by atoms with Gasteiger partial charge in [0.1, 0.15) is 0 Å². The molecule has 0 saturated heterocycles. The lowest BCUT2D eigenvalue weighted by molar-refractivity contribution is -0.143. The van der Waals surface area contributed by atoms with Gasteiger partial charge in [-0.3, -0.25) is 4.79 Å². The Morgan fingerprint density at radius 3 is 3.00 bits per heavy atom. The zero-order chi connectivity index (χ0) is 15.1. The summed E-state index contributed by atoms with van der Waals surface area (Å²) >= 11 is 5.18. The van der Waals surface area contributed by atoms with E-state index in [4.69, 9.17) is 26.4 Å². The van der Waals surface area contributed by atoms with E-state index in [1.54, 1.807) is 6.92 Å². The number of carbonyl (C=O) groups excluding carboxylic acids is 1. The van der Waals surface area contributed by atoms with Gasteiger partial charge in [-0.1, -0.05) is 0 Å². The topological polar surface area (TPSA) is 68.8 Å². The molecule has 6 nitrogen and oxygen atoms in total. The van der Waals surface area contributed by atoms with Crippen LogP contribution in [-0.4, -0.2) is 31.0 Å². The number of thiocarbonyl (C=S) groups is 1. The van der Waals surface area contributed by atoms with Gasteiger partial charge in [0.25, 0.3) is 0 Å². The van der Waals surface area contributed by atoms with Crippen LogP contribution >= 0.6 is 12.2 Å². The maximum Gasteiger partial charge on any atom is 0.305 e. The second-order valence-corrected chi connectivity index (χ2v) is 4.77. The van der Waals surface area contributed by atoms with E-state index in [1.807, 2.05) is 18.2 Å². The summed E-state index contributed by atoms with van der Waals surface area (Å²) in [7, 11) is 0. The van der Waals surface area contributed by atoms with Crippen molar-refractivity contribution in [1.29, 1.82) is 0 Å². The number of hydrogen-bond acceptors (Lipinski definition) is 5. The maximum absolute atomic E-state index is 11.2. The third-order valence-electron chi connectivity index (χ3n) is 2.78. The number of anilines is 1. The molecular weight excluding hydrogens is 292 g/mol. The summed E-state index contributed by atoms with van der Waals surface area (Å²) in [6, 6.07) is 5.52. The average Bonchev–Trinajstić information content (AvgIpc) is 2.91. The molecule has 0 aromatic heterocycles. The number of fused-ring (bicyclic) bond motifs is 1. The minimum Gasteiger partial charge on any atom is -0.466 e. The van der Waals surface area contributed by atoms with Crippen LogP contribution in [0.15, 0.2) is 18.2 Å². The Balaban J connectivity index is 1.69. The molecule has 1 aliphatic rings. The van der Waals surface area contributed by atoms with Gasteiger partial charge in [0.15, 0.2) is 16.6 Å². The summed E-state index contributed by atoms with van der Waals surface area (Å²) in [4.78, 5) is 11.2. The second-order valence-electron chi connectivity index (χ2n) is 4.36. The Morgan fingerprint density at radius 2 is 2.19 bits per heavy atom. The molecule has 21 heavy (non-hydrogen) atoms. The van der Waals surface area contributed by atoms with Gasteiger partial charge < -0.3 is 24.8 Å². The van der Waals surface area contributed by atoms with Gasteiger partial charge in [0, 0.05) is 24.7 Å². The number of esters is 1. The van der Waals surface area contributed by atoms with Crippen LogP contribution in [0.4, 0.5) is 5.69 Å². The molecule has 0 unspecified atom stereocenters. The summed E-state index contributed by atoms with van der Waals surface area (Å²) < 4.78 is 15.4. The Hall–Kier alpha value is -2.02. The smallest absolute Gasteiger partial charge is 0.305 e. The van der Waals surface area contributed by atoms with Gasteiger partial charge in [0.2, 0.25) is 6.79 Å². The highest BCUT2D eigenvalue weighted by atomic mass is 32.1. The molecule has 1 aromatic rings. The van der Waals surface area contributed by atoms with E-state index >= 15 is 0 Å². The number of hydrogen-bond donors (Lipinski definition) is 2. The average molecular weight is 310 g/mol. The normalized spacial score (nSPS) is 11.9. The largest absolute Gasteiger partial charge is 0.466 e. The van der Waals surface area contributed by atoms with Crippen molar-refractivity contribution in [3.63, 3.8) is 0 Å². The molecule has 2 rings (SSSR count). The molecule has 0 fully saturated rings. The molecule has 1 heterocycles. The number of rotatable bonds is 6. The fourth-order valence-corrected chi connectivity index (χ4v) is 2.04. The molecule has 1 aromatic carbocycles. The van der Waals surface area contributed by atoms with Gasteiger partial charge in [-0.15, -0.1) is 0 Å². The molecule has 0 bridgehead atoms. The van der Waals surface area contributed by atoms with Gasteiger partial charge in [0.05, 0.1) is 6.61 Å². The van der Waals surface area contributed by atoms with Crippen LogP contribution in [0.25, 0.3) is 0 Å². The van der Waals surface area contributed by atoms with Crippen LogP contribution in [0.5, 0.6) is 11.5 Å². The fraction of sp³-hybridized carbons (Fsp3) is 0.429. The minimum atomic E-state index is -0.186. The SMILES string of the molecule is CCOC(=O)CCCNC(=S)Nc1ccc2c(c1)OCO2. The van der Waals surface area contributed by atoms with Crippen molar-refractivity contribution in [3.05, 3.63) is 18.2 Å². The van der Waals surface area contributed by atoms with E-state index in [2.05, 4.69) is 10.6 Å². The standard InChI is InChI=1S/C14H18N2O4S/c1-2-18-13(17)4-3-7-15-14(21)16-10-5-6-11-12(8-10)20-9-19-11/h5-6,8H,2-4,7,9H2,1H3,(H2,15,16,21). The minimum absolute atomic E-state index is 0.186.